The van der Waals surface area contributed by atoms with Gasteiger partial charge in [-0.1, -0.05) is 37.3 Å². The standard InChI is InChI=1S/C13H20OS/c1-12(11-14)15-10-6-5-9-13-7-3-2-4-8-13/h2-4,7-8,12,14H,5-6,9-11H2,1H3. The Morgan fingerprint density at radius 2 is 1.93 bits per heavy atom. The van der Waals surface area contributed by atoms with E-state index in [1.165, 1.54) is 24.8 Å². The monoisotopic (exact) mass is 224 g/mol. The fourth-order valence-electron chi connectivity index (χ4n) is 1.41. The molecule has 0 aromatic heterocycles. The van der Waals surface area contributed by atoms with Crippen molar-refractivity contribution in [3.63, 3.8) is 0 Å². The molecule has 0 aliphatic carbocycles. The number of aryl methyl sites for hydroxylation is 1. The van der Waals surface area contributed by atoms with Crippen LogP contribution in [-0.2, 0) is 6.42 Å². The summed E-state index contributed by atoms with van der Waals surface area (Å²) in [6.45, 7) is 2.37. The molecule has 0 radical (unpaired) electrons. The van der Waals surface area contributed by atoms with Gasteiger partial charge in [-0.3, -0.25) is 0 Å². The van der Waals surface area contributed by atoms with E-state index in [9.17, 15) is 0 Å². The number of aliphatic hydroxyl groups excluding tert-OH is 1. The Morgan fingerprint density at radius 3 is 2.60 bits per heavy atom. The van der Waals surface area contributed by atoms with Crippen LogP contribution in [0, 0.1) is 0 Å². The first-order chi connectivity index (χ1) is 7.33. The van der Waals surface area contributed by atoms with E-state index in [0.717, 1.165) is 5.75 Å². The highest BCUT2D eigenvalue weighted by Gasteiger charge is 1.99. The number of thioether (sulfide) groups is 1. The summed E-state index contributed by atoms with van der Waals surface area (Å²) in [5, 5.41) is 9.24. The molecule has 1 aromatic rings. The smallest absolute Gasteiger partial charge is 0.0547 e. The topological polar surface area (TPSA) is 20.2 Å². The van der Waals surface area contributed by atoms with Crippen LogP contribution < -0.4 is 0 Å². The second-order valence-electron chi connectivity index (χ2n) is 3.81. The summed E-state index contributed by atoms with van der Waals surface area (Å²) in [7, 11) is 0. The fraction of sp³-hybridized carbons (Fsp3) is 0.538. The van der Waals surface area contributed by atoms with Crippen molar-refractivity contribution >= 4 is 11.8 Å². The van der Waals surface area contributed by atoms with Crippen molar-refractivity contribution in [3.05, 3.63) is 35.9 Å². The second kappa shape index (κ2) is 7.77. The maximum atomic E-state index is 8.85. The Morgan fingerprint density at radius 1 is 1.20 bits per heavy atom. The van der Waals surface area contributed by atoms with Gasteiger partial charge in [0.15, 0.2) is 0 Å². The van der Waals surface area contributed by atoms with Crippen molar-refractivity contribution in [3.8, 4) is 0 Å². The predicted octanol–water partition coefficient (Wildman–Crippen LogP) is 3.12. The van der Waals surface area contributed by atoms with Crippen LogP contribution in [0.5, 0.6) is 0 Å². The van der Waals surface area contributed by atoms with Gasteiger partial charge in [-0.15, -0.1) is 0 Å². The van der Waals surface area contributed by atoms with Gasteiger partial charge in [0.25, 0.3) is 0 Å². The van der Waals surface area contributed by atoms with Crippen LogP contribution in [0.2, 0.25) is 0 Å². The Balaban J connectivity index is 2.03. The fourth-order valence-corrected chi connectivity index (χ4v) is 2.29. The lowest BCUT2D eigenvalue weighted by molar-refractivity contribution is 0.300. The summed E-state index contributed by atoms with van der Waals surface area (Å²) < 4.78 is 0. The van der Waals surface area contributed by atoms with Gasteiger partial charge in [0.2, 0.25) is 0 Å². The largest absolute Gasteiger partial charge is 0.395 e. The maximum Gasteiger partial charge on any atom is 0.0547 e. The SMILES string of the molecule is CC(CO)SCCCCc1ccccc1. The molecular weight excluding hydrogens is 204 g/mol. The van der Waals surface area contributed by atoms with Crippen molar-refractivity contribution in [2.45, 2.75) is 31.4 Å². The number of benzene rings is 1. The molecule has 0 spiro atoms. The normalized spacial score (nSPS) is 12.7. The zero-order valence-corrected chi connectivity index (χ0v) is 10.2. The van der Waals surface area contributed by atoms with Gasteiger partial charge in [-0.25, -0.2) is 0 Å². The summed E-state index contributed by atoms with van der Waals surface area (Å²) in [6, 6.07) is 10.6. The highest BCUT2D eigenvalue weighted by molar-refractivity contribution is 7.99. The van der Waals surface area contributed by atoms with Gasteiger partial charge < -0.3 is 5.11 Å². The first kappa shape index (κ1) is 12.6. The summed E-state index contributed by atoms with van der Waals surface area (Å²) in [5.41, 5.74) is 1.43. The Bertz CT molecular complexity index is 248. The van der Waals surface area contributed by atoms with Gasteiger partial charge in [-0.2, -0.15) is 11.8 Å². The second-order valence-corrected chi connectivity index (χ2v) is 5.35. The number of hydrogen-bond acceptors (Lipinski definition) is 2. The number of rotatable bonds is 7. The van der Waals surface area contributed by atoms with Crippen molar-refractivity contribution in [1.82, 2.24) is 0 Å². The van der Waals surface area contributed by atoms with E-state index in [4.69, 9.17) is 5.11 Å². The molecule has 1 rings (SSSR count). The molecule has 0 amide bonds. The molecule has 2 heteroatoms. The molecule has 15 heavy (non-hydrogen) atoms. The van der Waals surface area contributed by atoms with Crippen LogP contribution >= 0.6 is 11.8 Å². The Labute approximate surface area is 96.9 Å². The minimum atomic E-state index is 0.295. The third-order valence-electron chi connectivity index (χ3n) is 2.36. The van der Waals surface area contributed by atoms with Crippen molar-refractivity contribution in [1.29, 1.82) is 0 Å². The first-order valence-electron chi connectivity index (χ1n) is 5.59. The van der Waals surface area contributed by atoms with E-state index < -0.39 is 0 Å². The molecule has 1 aromatic carbocycles. The Hall–Kier alpha value is -0.470. The summed E-state index contributed by atoms with van der Waals surface area (Å²) in [4.78, 5) is 0. The molecule has 0 aliphatic heterocycles. The molecule has 1 N–H and O–H groups in total. The van der Waals surface area contributed by atoms with Crippen molar-refractivity contribution in [2.24, 2.45) is 0 Å². The molecule has 84 valence electrons. The van der Waals surface area contributed by atoms with E-state index in [1.807, 2.05) is 11.8 Å². The van der Waals surface area contributed by atoms with Crippen LogP contribution in [0.4, 0.5) is 0 Å². The molecule has 1 unspecified atom stereocenters. The molecule has 1 nitrogen and oxygen atoms in total. The number of aliphatic hydroxyl groups is 1. The van der Waals surface area contributed by atoms with Crippen molar-refractivity contribution in [2.75, 3.05) is 12.4 Å². The summed E-state index contributed by atoms with van der Waals surface area (Å²) >= 11 is 1.86. The molecule has 0 saturated heterocycles. The predicted molar refractivity (Wildman–Crippen MR) is 68.4 cm³/mol. The van der Waals surface area contributed by atoms with E-state index in [0.29, 0.717) is 11.9 Å². The molecule has 1 atom stereocenters. The minimum Gasteiger partial charge on any atom is -0.395 e. The lowest BCUT2D eigenvalue weighted by atomic mass is 10.1. The summed E-state index contributed by atoms with van der Waals surface area (Å²) in [5.74, 6) is 1.16. The molecule has 0 saturated carbocycles. The van der Waals surface area contributed by atoms with E-state index in [1.54, 1.807) is 0 Å². The quantitative estimate of drug-likeness (QED) is 0.718. The van der Waals surface area contributed by atoms with Crippen molar-refractivity contribution < 1.29 is 5.11 Å². The highest BCUT2D eigenvalue weighted by Crippen LogP contribution is 2.13. The third kappa shape index (κ3) is 5.85. The van der Waals surface area contributed by atoms with Crippen LogP contribution in [-0.4, -0.2) is 22.7 Å². The van der Waals surface area contributed by atoms with Gasteiger partial charge in [-0.05, 0) is 30.6 Å². The van der Waals surface area contributed by atoms with Crippen LogP contribution in [0.1, 0.15) is 25.3 Å². The number of unbranched alkanes of at least 4 members (excludes halogenated alkanes) is 1. The average Bonchev–Trinajstić information content (AvgIpc) is 2.29. The zero-order valence-electron chi connectivity index (χ0n) is 9.36. The average molecular weight is 224 g/mol. The first-order valence-corrected chi connectivity index (χ1v) is 6.64. The number of hydrogen-bond donors (Lipinski definition) is 1. The highest BCUT2D eigenvalue weighted by atomic mass is 32.2. The molecular formula is C13H20OS. The van der Waals surface area contributed by atoms with Crippen LogP contribution in [0.3, 0.4) is 0 Å². The van der Waals surface area contributed by atoms with Crippen LogP contribution in [0.15, 0.2) is 30.3 Å². The molecule has 0 heterocycles. The van der Waals surface area contributed by atoms with Gasteiger partial charge in [0.1, 0.15) is 0 Å². The molecule has 0 fully saturated rings. The van der Waals surface area contributed by atoms with E-state index in [-0.39, 0.29) is 0 Å². The van der Waals surface area contributed by atoms with E-state index >= 15 is 0 Å². The minimum absolute atomic E-state index is 0.295. The molecule has 0 aliphatic rings. The zero-order chi connectivity index (χ0) is 10.9. The molecule has 0 bridgehead atoms. The van der Waals surface area contributed by atoms with Gasteiger partial charge >= 0.3 is 0 Å². The lowest BCUT2D eigenvalue weighted by Gasteiger charge is -2.06. The van der Waals surface area contributed by atoms with Gasteiger partial charge in [0, 0.05) is 5.25 Å². The van der Waals surface area contributed by atoms with Gasteiger partial charge in [0.05, 0.1) is 6.61 Å². The summed E-state index contributed by atoms with van der Waals surface area (Å²) in [6.07, 6.45) is 3.66. The lowest BCUT2D eigenvalue weighted by Crippen LogP contribution is -2.03. The van der Waals surface area contributed by atoms with E-state index in [2.05, 4.69) is 37.3 Å². The van der Waals surface area contributed by atoms with Crippen LogP contribution in [0.25, 0.3) is 0 Å². The maximum absolute atomic E-state index is 8.85. The third-order valence-corrected chi connectivity index (χ3v) is 3.60. The Kier molecular flexibility index (Phi) is 6.53.